The first-order chi connectivity index (χ1) is 9.60. The highest BCUT2D eigenvalue weighted by Gasteiger charge is 2.22. The number of rotatable bonds is 4. The van der Waals surface area contributed by atoms with E-state index in [1.54, 1.807) is 18.2 Å². The smallest absolute Gasteiger partial charge is 0.410 e. The summed E-state index contributed by atoms with van der Waals surface area (Å²) in [5, 5.41) is 3.08. The van der Waals surface area contributed by atoms with Crippen molar-refractivity contribution < 1.29 is 19.1 Å². The van der Waals surface area contributed by atoms with Gasteiger partial charge in [-0.25, -0.2) is 4.79 Å². The maximum absolute atomic E-state index is 11.9. The van der Waals surface area contributed by atoms with Crippen molar-refractivity contribution in [3.8, 4) is 5.75 Å². The molecule has 0 bridgehead atoms. The second-order valence-electron chi connectivity index (χ2n) is 4.29. The number of nitrogens with zero attached hydrogens (tertiary/aromatic N) is 1. The van der Waals surface area contributed by atoms with Crippen LogP contribution < -0.4 is 10.1 Å². The van der Waals surface area contributed by atoms with Crippen LogP contribution in [0.4, 0.5) is 10.5 Å². The van der Waals surface area contributed by atoms with E-state index in [0.29, 0.717) is 29.6 Å². The van der Waals surface area contributed by atoms with E-state index in [4.69, 9.17) is 21.1 Å². The van der Waals surface area contributed by atoms with E-state index >= 15 is 0 Å². The van der Waals surface area contributed by atoms with E-state index in [-0.39, 0.29) is 12.5 Å². The molecule has 0 saturated carbocycles. The zero-order valence-corrected chi connectivity index (χ0v) is 11.8. The van der Waals surface area contributed by atoms with Crippen LogP contribution in [0.3, 0.4) is 0 Å². The first-order valence-electron chi connectivity index (χ1n) is 6.15. The molecule has 20 heavy (non-hydrogen) atoms. The molecular formula is C13H15ClN2O4. The molecule has 0 aromatic heterocycles. The van der Waals surface area contributed by atoms with Crippen molar-refractivity contribution >= 4 is 29.3 Å². The van der Waals surface area contributed by atoms with Gasteiger partial charge in [-0.05, 0) is 24.6 Å². The molecule has 6 nitrogen and oxygen atoms in total. The molecule has 0 atom stereocenters. The molecule has 0 radical (unpaired) electrons. The third kappa shape index (κ3) is 3.54. The lowest BCUT2D eigenvalue weighted by molar-refractivity contribution is -0.117. The molecule has 1 aromatic rings. The van der Waals surface area contributed by atoms with E-state index < -0.39 is 6.09 Å². The Kier molecular flexibility index (Phi) is 4.68. The lowest BCUT2D eigenvalue weighted by Gasteiger charge is -2.25. The third-order valence-corrected chi connectivity index (χ3v) is 3.12. The minimum atomic E-state index is -0.459. The Bertz CT molecular complexity index is 521. The highest BCUT2D eigenvalue weighted by Crippen LogP contribution is 2.27. The standard InChI is InChI=1S/C13H15ClN2O4/c1-19-11-4-3-9(7-10(11)14)15-12(17)8-16-5-2-6-20-13(16)18/h3-4,7H,2,5-6,8H2,1H3,(H,15,17). The lowest BCUT2D eigenvalue weighted by atomic mass is 10.3. The number of hydrogen-bond donors (Lipinski definition) is 1. The van der Waals surface area contributed by atoms with Crippen LogP contribution in [-0.2, 0) is 9.53 Å². The van der Waals surface area contributed by atoms with E-state index in [9.17, 15) is 9.59 Å². The molecule has 0 aliphatic carbocycles. The largest absolute Gasteiger partial charge is 0.495 e. The van der Waals surface area contributed by atoms with Gasteiger partial charge in [-0.15, -0.1) is 0 Å². The summed E-state index contributed by atoms with van der Waals surface area (Å²) in [6.45, 7) is 0.892. The maximum atomic E-state index is 11.9. The van der Waals surface area contributed by atoms with Crippen molar-refractivity contribution in [2.24, 2.45) is 0 Å². The van der Waals surface area contributed by atoms with Gasteiger partial charge in [0.05, 0.1) is 18.7 Å². The van der Waals surface area contributed by atoms with Crippen molar-refractivity contribution in [1.29, 1.82) is 0 Å². The van der Waals surface area contributed by atoms with Crippen LogP contribution in [-0.4, -0.2) is 43.7 Å². The Morgan fingerprint density at radius 3 is 3.00 bits per heavy atom. The Hall–Kier alpha value is -1.95. The fourth-order valence-electron chi connectivity index (χ4n) is 1.86. The van der Waals surface area contributed by atoms with Crippen LogP contribution in [0, 0.1) is 0 Å². The fourth-order valence-corrected chi connectivity index (χ4v) is 2.12. The minimum Gasteiger partial charge on any atom is -0.495 e. The summed E-state index contributed by atoms with van der Waals surface area (Å²) in [4.78, 5) is 24.6. The summed E-state index contributed by atoms with van der Waals surface area (Å²) in [5.74, 6) is 0.231. The van der Waals surface area contributed by atoms with E-state index in [1.807, 2.05) is 0 Å². The zero-order valence-electron chi connectivity index (χ0n) is 11.0. The van der Waals surface area contributed by atoms with Gasteiger partial charge in [0.2, 0.25) is 5.91 Å². The second-order valence-corrected chi connectivity index (χ2v) is 4.69. The van der Waals surface area contributed by atoms with Crippen LogP contribution in [0.15, 0.2) is 18.2 Å². The predicted molar refractivity (Wildman–Crippen MR) is 74.2 cm³/mol. The summed E-state index contributed by atoms with van der Waals surface area (Å²) in [7, 11) is 1.52. The van der Waals surface area contributed by atoms with Crippen molar-refractivity contribution in [3.05, 3.63) is 23.2 Å². The SMILES string of the molecule is COc1ccc(NC(=O)CN2CCCOC2=O)cc1Cl. The van der Waals surface area contributed by atoms with E-state index in [0.717, 1.165) is 6.42 Å². The number of carbonyl (C=O) groups excluding carboxylic acids is 2. The van der Waals surface area contributed by atoms with Gasteiger partial charge in [0.15, 0.2) is 0 Å². The number of benzene rings is 1. The van der Waals surface area contributed by atoms with Crippen LogP contribution in [0.1, 0.15) is 6.42 Å². The molecular weight excluding hydrogens is 284 g/mol. The second kappa shape index (κ2) is 6.47. The summed E-state index contributed by atoms with van der Waals surface area (Å²) in [5.41, 5.74) is 0.547. The van der Waals surface area contributed by atoms with Gasteiger partial charge in [0.25, 0.3) is 0 Å². The number of hydrogen-bond acceptors (Lipinski definition) is 4. The first-order valence-corrected chi connectivity index (χ1v) is 6.53. The molecule has 1 saturated heterocycles. The quantitative estimate of drug-likeness (QED) is 0.924. The van der Waals surface area contributed by atoms with Gasteiger partial charge in [-0.3, -0.25) is 9.69 Å². The molecule has 2 rings (SSSR count). The van der Waals surface area contributed by atoms with Gasteiger partial charge in [-0.2, -0.15) is 0 Å². The number of cyclic esters (lactones) is 1. The van der Waals surface area contributed by atoms with Gasteiger partial charge < -0.3 is 14.8 Å². The van der Waals surface area contributed by atoms with Gasteiger partial charge in [0, 0.05) is 12.2 Å². The Morgan fingerprint density at radius 1 is 1.55 bits per heavy atom. The Balaban J connectivity index is 1.94. The third-order valence-electron chi connectivity index (χ3n) is 2.83. The van der Waals surface area contributed by atoms with Crippen LogP contribution >= 0.6 is 11.6 Å². The highest BCUT2D eigenvalue weighted by molar-refractivity contribution is 6.32. The number of anilines is 1. The van der Waals surface area contributed by atoms with Crippen molar-refractivity contribution in [2.75, 3.05) is 32.1 Å². The molecule has 0 unspecified atom stereocenters. The van der Waals surface area contributed by atoms with E-state index in [2.05, 4.69) is 5.32 Å². The molecule has 0 spiro atoms. The van der Waals surface area contributed by atoms with E-state index in [1.165, 1.54) is 12.0 Å². The number of amides is 2. The monoisotopic (exact) mass is 298 g/mol. The first kappa shape index (κ1) is 14.5. The van der Waals surface area contributed by atoms with Crippen LogP contribution in [0.25, 0.3) is 0 Å². The van der Waals surface area contributed by atoms with Crippen molar-refractivity contribution in [2.45, 2.75) is 6.42 Å². The number of ether oxygens (including phenoxy) is 2. The number of carbonyl (C=O) groups is 2. The lowest BCUT2D eigenvalue weighted by Crippen LogP contribution is -2.42. The van der Waals surface area contributed by atoms with Crippen LogP contribution in [0.2, 0.25) is 5.02 Å². The average molecular weight is 299 g/mol. The van der Waals surface area contributed by atoms with Crippen molar-refractivity contribution in [3.63, 3.8) is 0 Å². The fraction of sp³-hybridized carbons (Fsp3) is 0.385. The Morgan fingerprint density at radius 2 is 2.35 bits per heavy atom. The molecule has 1 aliphatic heterocycles. The van der Waals surface area contributed by atoms with Gasteiger partial charge in [0.1, 0.15) is 12.3 Å². The normalized spacial score (nSPS) is 14.7. The van der Waals surface area contributed by atoms with Gasteiger partial charge >= 0.3 is 6.09 Å². The molecule has 7 heteroatoms. The maximum Gasteiger partial charge on any atom is 0.410 e. The molecule has 2 amide bonds. The van der Waals surface area contributed by atoms with Gasteiger partial charge in [-0.1, -0.05) is 11.6 Å². The number of nitrogens with one attached hydrogen (secondary N) is 1. The molecule has 1 heterocycles. The minimum absolute atomic E-state index is 0.0392. The summed E-state index contributed by atoms with van der Waals surface area (Å²) >= 11 is 5.97. The topological polar surface area (TPSA) is 67.9 Å². The number of methoxy groups -OCH3 is 1. The summed E-state index contributed by atoms with van der Waals surface area (Å²) < 4.78 is 9.89. The molecule has 1 aliphatic rings. The average Bonchev–Trinajstić information content (AvgIpc) is 2.41. The highest BCUT2D eigenvalue weighted by atomic mass is 35.5. The van der Waals surface area contributed by atoms with Crippen LogP contribution in [0.5, 0.6) is 5.75 Å². The predicted octanol–water partition coefficient (Wildman–Crippen LogP) is 2.13. The van der Waals surface area contributed by atoms with Crippen molar-refractivity contribution in [1.82, 2.24) is 4.90 Å². The summed E-state index contributed by atoms with van der Waals surface area (Å²) in [6, 6.07) is 4.93. The zero-order chi connectivity index (χ0) is 14.5. The number of halogens is 1. The Labute approximate surface area is 121 Å². The summed E-state index contributed by atoms with van der Waals surface area (Å²) in [6.07, 6.45) is 0.270. The molecule has 1 fully saturated rings. The molecule has 108 valence electrons. The molecule has 1 N–H and O–H groups in total. The molecule has 1 aromatic carbocycles.